The van der Waals surface area contributed by atoms with Crippen molar-refractivity contribution in [3.8, 4) is 5.69 Å². The van der Waals surface area contributed by atoms with Crippen LogP contribution in [0, 0.1) is 6.92 Å². The first kappa shape index (κ1) is 12.3. The van der Waals surface area contributed by atoms with E-state index in [1.54, 1.807) is 13.0 Å². The van der Waals surface area contributed by atoms with Crippen LogP contribution in [0.15, 0.2) is 30.5 Å². The lowest BCUT2D eigenvalue weighted by Crippen LogP contribution is -2.12. The zero-order chi connectivity index (χ0) is 13.3. The number of rotatable bonds is 2. The Bertz CT molecular complexity index is 587. The normalized spacial score (nSPS) is 11.6. The van der Waals surface area contributed by atoms with Gasteiger partial charge in [0.2, 0.25) is 0 Å². The van der Waals surface area contributed by atoms with Crippen LogP contribution in [-0.4, -0.2) is 16.1 Å². The second-order valence-corrected chi connectivity index (χ2v) is 3.79. The van der Waals surface area contributed by atoms with E-state index >= 15 is 0 Å². The molecule has 0 spiro atoms. The Morgan fingerprint density at radius 1 is 1.28 bits per heavy atom. The minimum absolute atomic E-state index is 0.0186. The van der Waals surface area contributed by atoms with Crippen molar-refractivity contribution in [3.63, 3.8) is 0 Å². The fraction of sp³-hybridized carbons (Fsp3) is 0.167. The Kier molecular flexibility index (Phi) is 2.94. The molecule has 6 heteroatoms. The molecular weight excluding hydrogens is 245 g/mol. The van der Waals surface area contributed by atoms with Crippen molar-refractivity contribution in [2.24, 2.45) is 0 Å². The van der Waals surface area contributed by atoms with Crippen molar-refractivity contribution in [3.05, 3.63) is 47.3 Å². The number of halogens is 3. The molecule has 0 radical (unpaired) electrons. The van der Waals surface area contributed by atoms with Gasteiger partial charge in [0.15, 0.2) is 0 Å². The predicted octanol–water partition coefficient (Wildman–Crippen LogP) is 3.01. The highest BCUT2D eigenvalue weighted by molar-refractivity contribution is 5.76. The molecule has 0 saturated heterocycles. The van der Waals surface area contributed by atoms with Gasteiger partial charge in [-0.25, -0.2) is 4.68 Å². The largest absolute Gasteiger partial charge is 0.418 e. The third-order valence-corrected chi connectivity index (χ3v) is 2.43. The maximum absolute atomic E-state index is 12.9. The van der Waals surface area contributed by atoms with Gasteiger partial charge in [0.1, 0.15) is 6.29 Å². The van der Waals surface area contributed by atoms with Gasteiger partial charge in [0.05, 0.1) is 16.9 Å². The van der Waals surface area contributed by atoms with Crippen molar-refractivity contribution in [1.82, 2.24) is 9.78 Å². The Hall–Kier alpha value is -2.11. The molecule has 0 aliphatic heterocycles. The number of aldehydes is 1. The molecule has 0 aliphatic carbocycles. The topological polar surface area (TPSA) is 34.9 Å². The summed E-state index contributed by atoms with van der Waals surface area (Å²) in [5.74, 6) is 0. The fourth-order valence-electron chi connectivity index (χ4n) is 1.60. The Morgan fingerprint density at radius 3 is 2.50 bits per heavy atom. The van der Waals surface area contributed by atoms with E-state index in [0.29, 0.717) is 12.0 Å². The van der Waals surface area contributed by atoms with Gasteiger partial charge in [0.25, 0.3) is 0 Å². The maximum atomic E-state index is 12.9. The highest BCUT2D eigenvalue weighted by Gasteiger charge is 2.34. The average molecular weight is 254 g/mol. The number of aryl methyl sites for hydroxylation is 1. The van der Waals surface area contributed by atoms with Crippen molar-refractivity contribution in [1.29, 1.82) is 0 Å². The van der Waals surface area contributed by atoms with Crippen LogP contribution < -0.4 is 0 Å². The second kappa shape index (κ2) is 4.29. The molecule has 0 bridgehead atoms. The maximum Gasteiger partial charge on any atom is 0.418 e. The zero-order valence-electron chi connectivity index (χ0n) is 9.40. The number of hydrogen-bond donors (Lipinski definition) is 0. The van der Waals surface area contributed by atoms with Gasteiger partial charge < -0.3 is 0 Å². The van der Waals surface area contributed by atoms with E-state index in [0.717, 1.165) is 10.7 Å². The first-order chi connectivity index (χ1) is 8.41. The van der Waals surface area contributed by atoms with E-state index in [-0.39, 0.29) is 11.3 Å². The molecule has 0 saturated carbocycles. The van der Waals surface area contributed by atoms with E-state index in [4.69, 9.17) is 0 Å². The molecule has 1 aromatic heterocycles. The fourth-order valence-corrected chi connectivity index (χ4v) is 1.60. The quantitative estimate of drug-likeness (QED) is 0.772. The van der Waals surface area contributed by atoms with Gasteiger partial charge in [-0.05, 0) is 31.2 Å². The molecular formula is C12H9F3N2O. The number of aromatic nitrogens is 2. The molecule has 0 N–H and O–H groups in total. The van der Waals surface area contributed by atoms with Crippen molar-refractivity contribution < 1.29 is 18.0 Å². The third-order valence-electron chi connectivity index (χ3n) is 2.43. The first-order valence-corrected chi connectivity index (χ1v) is 5.11. The molecule has 1 aromatic carbocycles. The van der Waals surface area contributed by atoms with E-state index < -0.39 is 11.7 Å². The molecule has 1 heterocycles. The molecule has 0 fully saturated rings. The number of hydrogen-bond acceptors (Lipinski definition) is 2. The first-order valence-electron chi connectivity index (χ1n) is 5.11. The van der Waals surface area contributed by atoms with Gasteiger partial charge in [-0.2, -0.15) is 18.3 Å². The number of nitrogens with zero attached hydrogens (tertiary/aromatic N) is 2. The summed E-state index contributed by atoms with van der Waals surface area (Å²) in [6.07, 6.45) is -2.71. The Labute approximate surface area is 101 Å². The lowest BCUT2D eigenvalue weighted by Gasteiger charge is -2.13. The number of alkyl halides is 3. The minimum Gasteiger partial charge on any atom is -0.298 e. The molecule has 2 aromatic rings. The summed E-state index contributed by atoms with van der Waals surface area (Å²) in [5, 5.41) is 3.94. The van der Waals surface area contributed by atoms with Gasteiger partial charge in [-0.15, -0.1) is 0 Å². The Morgan fingerprint density at radius 2 is 2.00 bits per heavy atom. The molecule has 18 heavy (non-hydrogen) atoms. The van der Waals surface area contributed by atoms with Gasteiger partial charge in [0, 0.05) is 11.8 Å². The summed E-state index contributed by atoms with van der Waals surface area (Å²) < 4.78 is 39.8. The molecule has 94 valence electrons. The summed E-state index contributed by atoms with van der Waals surface area (Å²) in [6.45, 7) is 1.68. The third kappa shape index (κ3) is 2.27. The SMILES string of the molecule is Cc1ccn(-c2ccc(C=O)cc2C(F)(F)F)n1. The van der Waals surface area contributed by atoms with E-state index in [9.17, 15) is 18.0 Å². The molecule has 0 unspecified atom stereocenters. The van der Waals surface area contributed by atoms with E-state index in [1.807, 2.05) is 0 Å². The highest BCUT2D eigenvalue weighted by Crippen LogP contribution is 2.34. The van der Waals surface area contributed by atoms with E-state index in [2.05, 4.69) is 5.10 Å². The van der Waals surface area contributed by atoms with Crippen LogP contribution in [0.1, 0.15) is 21.6 Å². The van der Waals surface area contributed by atoms with Crippen molar-refractivity contribution in [2.75, 3.05) is 0 Å². The number of carbonyl (C=O) groups excluding carboxylic acids is 1. The summed E-state index contributed by atoms with van der Waals surface area (Å²) in [5.41, 5.74) is -0.381. The smallest absolute Gasteiger partial charge is 0.298 e. The van der Waals surface area contributed by atoms with Crippen LogP contribution >= 0.6 is 0 Å². The van der Waals surface area contributed by atoms with Crippen LogP contribution in [0.25, 0.3) is 5.69 Å². The number of carbonyl (C=O) groups is 1. The summed E-state index contributed by atoms with van der Waals surface area (Å²) >= 11 is 0. The Balaban J connectivity index is 2.63. The molecule has 0 atom stereocenters. The van der Waals surface area contributed by atoms with Gasteiger partial charge >= 0.3 is 6.18 Å². The summed E-state index contributed by atoms with van der Waals surface area (Å²) in [7, 11) is 0. The van der Waals surface area contributed by atoms with Gasteiger partial charge in [-0.3, -0.25) is 4.79 Å². The van der Waals surface area contributed by atoms with Crippen LogP contribution in [0.3, 0.4) is 0 Å². The van der Waals surface area contributed by atoms with Crippen molar-refractivity contribution >= 4 is 6.29 Å². The standard InChI is InChI=1S/C12H9F3N2O/c1-8-4-5-17(16-8)11-3-2-9(7-18)6-10(11)12(13,14)15/h2-7H,1H3. The average Bonchev–Trinajstić information content (AvgIpc) is 2.74. The zero-order valence-corrected chi connectivity index (χ0v) is 9.40. The molecule has 2 rings (SSSR count). The summed E-state index contributed by atoms with van der Waals surface area (Å²) in [6, 6.07) is 4.99. The van der Waals surface area contributed by atoms with Crippen LogP contribution in [0.4, 0.5) is 13.2 Å². The second-order valence-electron chi connectivity index (χ2n) is 3.79. The molecule has 3 nitrogen and oxygen atoms in total. The monoisotopic (exact) mass is 254 g/mol. The van der Waals surface area contributed by atoms with Gasteiger partial charge in [-0.1, -0.05) is 0 Å². The molecule has 0 amide bonds. The van der Waals surface area contributed by atoms with Crippen LogP contribution in [-0.2, 0) is 6.18 Å². The highest BCUT2D eigenvalue weighted by atomic mass is 19.4. The van der Waals surface area contributed by atoms with Crippen molar-refractivity contribution in [2.45, 2.75) is 13.1 Å². The van der Waals surface area contributed by atoms with E-state index in [1.165, 1.54) is 18.3 Å². The number of benzene rings is 1. The van der Waals surface area contributed by atoms with Crippen LogP contribution in [0.2, 0.25) is 0 Å². The lowest BCUT2D eigenvalue weighted by atomic mass is 10.1. The van der Waals surface area contributed by atoms with Crippen LogP contribution in [0.5, 0.6) is 0 Å². The summed E-state index contributed by atoms with van der Waals surface area (Å²) in [4.78, 5) is 10.5. The lowest BCUT2D eigenvalue weighted by molar-refractivity contribution is -0.137. The predicted molar refractivity (Wildman–Crippen MR) is 58.7 cm³/mol. The minimum atomic E-state index is -4.53. The molecule has 0 aliphatic rings.